The van der Waals surface area contributed by atoms with Crippen LogP contribution in [0.2, 0.25) is 0 Å². The first-order chi connectivity index (χ1) is 9.20. The second kappa shape index (κ2) is 6.75. The van der Waals surface area contributed by atoms with Crippen LogP contribution in [0.5, 0.6) is 0 Å². The summed E-state index contributed by atoms with van der Waals surface area (Å²) in [5, 5.41) is 0. The molecular formula is C15H25N3O. The molecule has 2 rings (SSSR count). The van der Waals surface area contributed by atoms with E-state index in [-0.39, 0.29) is 5.56 Å². The van der Waals surface area contributed by atoms with Crippen molar-refractivity contribution < 1.29 is 0 Å². The molecule has 0 aliphatic carbocycles. The van der Waals surface area contributed by atoms with Gasteiger partial charge in [0.05, 0.1) is 0 Å². The Morgan fingerprint density at radius 2 is 2.16 bits per heavy atom. The number of nitrogens with zero attached hydrogens (tertiary/aromatic N) is 2. The van der Waals surface area contributed by atoms with E-state index in [9.17, 15) is 4.79 Å². The average Bonchev–Trinajstić information content (AvgIpc) is 2.43. The molecule has 1 fully saturated rings. The zero-order valence-electron chi connectivity index (χ0n) is 11.8. The summed E-state index contributed by atoms with van der Waals surface area (Å²) in [6.45, 7) is 5.33. The Bertz CT molecular complexity index is 455. The molecule has 0 spiro atoms. The largest absolute Gasteiger partial charge is 0.398 e. The highest BCUT2D eigenvalue weighted by Crippen LogP contribution is 2.19. The normalized spacial score (nSPS) is 20.6. The van der Waals surface area contributed by atoms with Crippen molar-refractivity contribution in [3.8, 4) is 0 Å². The molecule has 2 heterocycles. The predicted octanol–water partition coefficient (Wildman–Crippen LogP) is 2.09. The van der Waals surface area contributed by atoms with E-state index in [1.807, 2.05) is 0 Å². The van der Waals surface area contributed by atoms with Gasteiger partial charge in [-0.05, 0) is 38.3 Å². The van der Waals surface area contributed by atoms with Crippen LogP contribution in [0.4, 0.5) is 5.69 Å². The number of aryl methyl sites for hydroxylation is 1. The van der Waals surface area contributed by atoms with Crippen molar-refractivity contribution in [3.05, 3.63) is 28.7 Å². The summed E-state index contributed by atoms with van der Waals surface area (Å²) in [7, 11) is 0. The molecule has 19 heavy (non-hydrogen) atoms. The van der Waals surface area contributed by atoms with Crippen LogP contribution in [-0.2, 0) is 6.54 Å². The Balaban J connectivity index is 1.85. The van der Waals surface area contributed by atoms with Crippen LogP contribution in [0.25, 0.3) is 0 Å². The first-order valence-electron chi connectivity index (χ1n) is 7.40. The fourth-order valence-corrected chi connectivity index (χ4v) is 2.99. The van der Waals surface area contributed by atoms with Gasteiger partial charge >= 0.3 is 0 Å². The van der Waals surface area contributed by atoms with E-state index < -0.39 is 0 Å². The maximum absolute atomic E-state index is 11.7. The zero-order valence-corrected chi connectivity index (χ0v) is 11.8. The maximum Gasteiger partial charge on any atom is 0.250 e. The fraction of sp³-hybridized carbons (Fsp3) is 0.667. The van der Waals surface area contributed by atoms with Crippen molar-refractivity contribution in [3.63, 3.8) is 0 Å². The Morgan fingerprint density at radius 3 is 2.95 bits per heavy atom. The fourth-order valence-electron chi connectivity index (χ4n) is 2.99. The molecule has 0 bridgehead atoms. The van der Waals surface area contributed by atoms with Crippen LogP contribution >= 0.6 is 0 Å². The highest BCUT2D eigenvalue weighted by atomic mass is 16.1. The minimum absolute atomic E-state index is 0.0416. The zero-order chi connectivity index (χ0) is 13.7. The lowest BCUT2D eigenvalue weighted by Crippen LogP contribution is -2.40. The van der Waals surface area contributed by atoms with Gasteiger partial charge in [0, 0.05) is 37.1 Å². The summed E-state index contributed by atoms with van der Waals surface area (Å²) in [4.78, 5) is 14.3. The highest BCUT2D eigenvalue weighted by molar-refractivity contribution is 5.33. The van der Waals surface area contributed by atoms with Gasteiger partial charge in [0.2, 0.25) is 0 Å². The molecule has 1 aliphatic heterocycles. The smallest absolute Gasteiger partial charge is 0.250 e. The number of aromatic nitrogens is 1. The molecule has 1 saturated heterocycles. The number of hydrogen-bond donors (Lipinski definition) is 1. The summed E-state index contributed by atoms with van der Waals surface area (Å²) in [5.74, 6) is 0. The molecule has 1 aliphatic rings. The number of hydrogen-bond acceptors (Lipinski definition) is 3. The van der Waals surface area contributed by atoms with E-state index in [0.717, 1.165) is 25.6 Å². The van der Waals surface area contributed by atoms with E-state index >= 15 is 0 Å². The molecule has 106 valence electrons. The van der Waals surface area contributed by atoms with Gasteiger partial charge in [-0.15, -0.1) is 0 Å². The molecule has 0 aromatic carbocycles. The second-order valence-electron chi connectivity index (χ2n) is 5.44. The van der Waals surface area contributed by atoms with Gasteiger partial charge in [-0.25, -0.2) is 0 Å². The number of nitrogen functional groups attached to an aromatic ring is 1. The number of pyridine rings is 1. The number of nitrogens with two attached hydrogens (primary N) is 1. The quantitative estimate of drug-likeness (QED) is 0.885. The summed E-state index contributed by atoms with van der Waals surface area (Å²) < 4.78 is 1.72. The number of anilines is 1. The minimum Gasteiger partial charge on any atom is -0.398 e. The first kappa shape index (κ1) is 14.1. The third-order valence-electron chi connectivity index (χ3n) is 4.07. The second-order valence-corrected chi connectivity index (χ2v) is 5.44. The summed E-state index contributed by atoms with van der Waals surface area (Å²) in [6.07, 6.45) is 8.00. The molecule has 4 heteroatoms. The summed E-state index contributed by atoms with van der Waals surface area (Å²) in [6, 6.07) is 3.95. The third-order valence-corrected chi connectivity index (χ3v) is 4.07. The lowest BCUT2D eigenvalue weighted by Gasteiger charge is -2.35. The minimum atomic E-state index is 0.0416. The van der Waals surface area contributed by atoms with Crippen LogP contribution in [0.3, 0.4) is 0 Å². The molecule has 4 nitrogen and oxygen atoms in total. The van der Waals surface area contributed by atoms with Crippen LogP contribution in [0.1, 0.15) is 39.0 Å². The summed E-state index contributed by atoms with van der Waals surface area (Å²) in [5.41, 5.74) is 6.41. The van der Waals surface area contributed by atoms with E-state index in [4.69, 9.17) is 5.73 Å². The van der Waals surface area contributed by atoms with Crippen LogP contribution in [0, 0.1) is 0 Å². The predicted molar refractivity (Wildman–Crippen MR) is 79.2 cm³/mol. The lowest BCUT2D eigenvalue weighted by molar-refractivity contribution is 0.140. The molecule has 0 radical (unpaired) electrons. The van der Waals surface area contributed by atoms with E-state index in [2.05, 4.69) is 11.8 Å². The van der Waals surface area contributed by atoms with Gasteiger partial charge in [0.15, 0.2) is 0 Å². The molecule has 1 unspecified atom stereocenters. The third kappa shape index (κ3) is 3.83. The molecule has 1 aromatic heterocycles. The Labute approximate surface area is 115 Å². The van der Waals surface area contributed by atoms with Gasteiger partial charge < -0.3 is 15.2 Å². The standard InChI is InChI=1S/C15H25N3O/c1-2-14-6-3-4-9-17(14)10-5-11-18-12-13(16)7-8-15(18)19/h7-8,12,14H,2-6,9-11,16H2,1H3. The topological polar surface area (TPSA) is 51.3 Å². The summed E-state index contributed by atoms with van der Waals surface area (Å²) >= 11 is 0. The molecular weight excluding hydrogens is 238 g/mol. The van der Waals surface area contributed by atoms with Crippen molar-refractivity contribution in [1.82, 2.24) is 9.47 Å². The van der Waals surface area contributed by atoms with Crippen molar-refractivity contribution >= 4 is 5.69 Å². The molecule has 1 aromatic rings. The van der Waals surface area contributed by atoms with Gasteiger partial charge in [0.25, 0.3) is 5.56 Å². The first-order valence-corrected chi connectivity index (χ1v) is 7.40. The van der Waals surface area contributed by atoms with Gasteiger partial charge in [0.1, 0.15) is 0 Å². The van der Waals surface area contributed by atoms with Crippen molar-refractivity contribution in [2.45, 2.75) is 51.6 Å². The van der Waals surface area contributed by atoms with Crippen molar-refractivity contribution in [1.29, 1.82) is 0 Å². The van der Waals surface area contributed by atoms with Crippen LogP contribution in [0.15, 0.2) is 23.1 Å². The number of rotatable bonds is 5. The average molecular weight is 263 g/mol. The van der Waals surface area contributed by atoms with Gasteiger partial charge in [-0.2, -0.15) is 0 Å². The highest BCUT2D eigenvalue weighted by Gasteiger charge is 2.19. The van der Waals surface area contributed by atoms with Crippen LogP contribution < -0.4 is 11.3 Å². The number of likely N-dealkylation sites (tertiary alicyclic amines) is 1. The Hall–Kier alpha value is -1.29. The van der Waals surface area contributed by atoms with E-state index in [0.29, 0.717) is 5.69 Å². The monoisotopic (exact) mass is 263 g/mol. The van der Waals surface area contributed by atoms with E-state index in [1.165, 1.54) is 32.2 Å². The van der Waals surface area contributed by atoms with Gasteiger partial charge in [-0.3, -0.25) is 4.79 Å². The van der Waals surface area contributed by atoms with Crippen molar-refractivity contribution in [2.24, 2.45) is 0 Å². The Kier molecular flexibility index (Phi) is 5.02. The lowest BCUT2D eigenvalue weighted by atomic mass is 10.00. The molecule has 0 saturated carbocycles. The molecule has 1 atom stereocenters. The van der Waals surface area contributed by atoms with Crippen LogP contribution in [-0.4, -0.2) is 28.6 Å². The maximum atomic E-state index is 11.7. The van der Waals surface area contributed by atoms with Gasteiger partial charge in [-0.1, -0.05) is 13.3 Å². The van der Waals surface area contributed by atoms with Crippen molar-refractivity contribution in [2.75, 3.05) is 18.8 Å². The Morgan fingerprint density at radius 1 is 1.32 bits per heavy atom. The molecule has 0 amide bonds. The SMILES string of the molecule is CCC1CCCCN1CCCn1cc(N)ccc1=O. The number of piperidine rings is 1. The molecule has 2 N–H and O–H groups in total. The van der Waals surface area contributed by atoms with E-state index in [1.54, 1.807) is 22.9 Å².